The van der Waals surface area contributed by atoms with Crippen molar-refractivity contribution in [2.45, 2.75) is 78.4 Å². The van der Waals surface area contributed by atoms with Crippen molar-refractivity contribution in [3.63, 3.8) is 0 Å². The van der Waals surface area contributed by atoms with Gasteiger partial charge >= 0.3 is 30.0 Å². The minimum atomic E-state index is -1.67. The van der Waals surface area contributed by atoms with Crippen LogP contribution in [-0.2, 0) is 42.9 Å². The van der Waals surface area contributed by atoms with Crippen molar-refractivity contribution in [2.75, 3.05) is 6.58 Å². The number of ether oxygens (including phenoxy) is 5. The number of esters is 4. The SMILES string of the molecule is [3H]C(OC(C)=O)C1=C[C@H](NC(=O)OC(C)(C)C)[C@H](OC(C)=O)[C@@H](OC(C)=O)[C@@H]1OC(C)=O. The summed E-state index contributed by atoms with van der Waals surface area (Å²) in [6.45, 7) is 7.57. The Morgan fingerprint density at radius 3 is 1.87 bits per heavy atom. The Bertz CT molecular complexity index is 788. The molecule has 1 amide bonds. The van der Waals surface area contributed by atoms with Crippen molar-refractivity contribution in [1.82, 2.24) is 5.32 Å². The van der Waals surface area contributed by atoms with Crippen molar-refractivity contribution in [3.05, 3.63) is 11.6 Å². The molecule has 174 valence electrons. The molecule has 5 atom stereocenters. The monoisotopic (exact) mass is 445 g/mol. The van der Waals surface area contributed by atoms with E-state index in [2.05, 4.69) is 5.32 Å². The number of hydrogen-bond donors (Lipinski definition) is 1. The van der Waals surface area contributed by atoms with Gasteiger partial charge in [0.25, 0.3) is 0 Å². The fourth-order valence-corrected chi connectivity index (χ4v) is 2.75. The molecule has 1 N–H and O–H groups in total. The second-order valence-electron chi connectivity index (χ2n) is 7.74. The molecule has 1 unspecified atom stereocenters. The van der Waals surface area contributed by atoms with E-state index in [9.17, 15) is 24.0 Å². The largest absolute Gasteiger partial charge is 0.461 e. The molecule has 0 saturated heterocycles. The van der Waals surface area contributed by atoms with Crippen LogP contribution in [0.5, 0.6) is 0 Å². The quantitative estimate of drug-likeness (QED) is 0.359. The highest BCUT2D eigenvalue weighted by molar-refractivity contribution is 5.71. The van der Waals surface area contributed by atoms with Crippen LogP contribution in [0.3, 0.4) is 0 Å². The van der Waals surface area contributed by atoms with Crippen molar-refractivity contribution in [2.24, 2.45) is 0 Å². The van der Waals surface area contributed by atoms with Crippen LogP contribution in [0.1, 0.15) is 49.8 Å². The lowest BCUT2D eigenvalue weighted by molar-refractivity contribution is -0.183. The molecule has 0 radical (unpaired) electrons. The summed E-state index contributed by atoms with van der Waals surface area (Å²) in [6.07, 6.45) is -3.88. The van der Waals surface area contributed by atoms with Gasteiger partial charge in [0.2, 0.25) is 0 Å². The Morgan fingerprint density at radius 1 is 0.903 bits per heavy atom. The lowest BCUT2D eigenvalue weighted by Crippen LogP contribution is -2.59. The lowest BCUT2D eigenvalue weighted by atomic mass is 9.87. The number of amides is 1. The molecule has 0 spiro atoms. The van der Waals surface area contributed by atoms with E-state index in [0.29, 0.717) is 0 Å². The summed E-state index contributed by atoms with van der Waals surface area (Å²) in [6, 6.07) is -1.18. The average Bonchev–Trinajstić information content (AvgIpc) is 2.56. The molecule has 0 aromatic heterocycles. The van der Waals surface area contributed by atoms with E-state index >= 15 is 0 Å². The van der Waals surface area contributed by atoms with E-state index in [-0.39, 0.29) is 5.57 Å². The minimum Gasteiger partial charge on any atom is -0.461 e. The first-order chi connectivity index (χ1) is 14.6. The van der Waals surface area contributed by atoms with Crippen LogP contribution in [0.4, 0.5) is 4.79 Å². The number of nitrogens with one attached hydrogen (secondary N) is 1. The Hall–Kier alpha value is -3.11. The van der Waals surface area contributed by atoms with Gasteiger partial charge in [0.1, 0.15) is 12.2 Å². The highest BCUT2D eigenvalue weighted by Crippen LogP contribution is 2.29. The van der Waals surface area contributed by atoms with Crippen molar-refractivity contribution < 1.29 is 49.0 Å². The zero-order chi connectivity index (χ0) is 24.8. The molecule has 1 rings (SSSR count). The van der Waals surface area contributed by atoms with Crippen LogP contribution in [0, 0.1) is 0 Å². The van der Waals surface area contributed by atoms with Gasteiger partial charge in [-0.25, -0.2) is 4.79 Å². The standard InChI is InChI=1S/C20H29NO10/c1-10(22)27-9-14-8-15(21-19(26)31-20(5,6)7)17(29-12(3)24)18(30-13(4)25)16(14)28-11(2)23/h8,15-18H,9H2,1-7H3,(H,21,26)/t15-,16+,17-,18-/m0/s1/i9T/t9?,15-,16+,17-,18-. The highest BCUT2D eigenvalue weighted by Gasteiger charge is 2.47. The summed E-state index contributed by atoms with van der Waals surface area (Å²) >= 11 is 0. The number of rotatable bonds is 6. The Morgan fingerprint density at radius 2 is 1.42 bits per heavy atom. The number of carbonyl (C=O) groups excluding carboxylic acids is 5. The predicted octanol–water partition coefficient (Wildman–Crippen LogP) is 1.18. The summed E-state index contributed by atoms with van der Waals surface area (Å²) < 4.78 is 34.0. The predicted molar refractivity (Wildman–Crippen MR) is 105 cm³/mol. The fraction of sp³-hybridized carbons (Fsp3) is 0.650. The van der Waals surface area contributed by atoms with E-state index < -0.39 is 66.5 Å². The Labute approximate surface area is 181 Å². The molecule has 31 heavy (non-hydrogen) atoms. The molecule has 0 bridgehead atoms. The zero-order valence-electron chi connectivity index (χ0n) is 19.5. The van der Waals surface area contributed by atoms with Crippen LogP contribution in [0.15, 0.2) is 11.6 Å². The molecule has 11 heteroatoms. The number of carbonyl (C=O) groups is 5. The van der Waals surface area contributed by atoms with Gasteiger partial charge in [-0.2, -0.15) is 0 Å². The van der Waals surface area contributed by atoms with Gasteiger partial charge in [-0.15, -0.1) is 0 Å². The lowest BCUT2D eigenvalue weighted by Gasteiger charge is -2.40. The molecule has 0 saturated carbocycles. The summed E-state index contributed by atoms with van der Waals surface area (Å²) in [5.74, 6) is -3.18. The first-order valence-corrected chi connectivity index (χ1v) is 9.43. The normalized spacial score (nSPS) is 24.5. The third kappa shape index (κ3) is 9.06. The molecular formula is C20H29NO10. The maximum atomic E-state index is 12.4. The number of hydrogen-bond acceptors (Lipinski definition) is 10. The third-order valence-electron chi connectivity index (χ3n) is 3.62. The second kappa shape index (κ2) is 10.8. The van der Waals surface area contributed by atoms with Crippen molar-refractivity contribution >= 4 is 30.0 Å². The summed E-state index contributed by atoms with van der Waals surface area (Å²) in [4.78, 5) is 59.0. The van der Waals surface area contributed by atoms with Gasteiger partial charge < -0.3 is 29.0 Å². The summed E-state index contributed by atoms with van der Waals surface area (Å²) in [7, 11) is 0. The fourth-order valence-electron chi connectivity index (χ4n) is 2.75. The second-order valence-corrected chi connectivity index (χ2v) is 7.74. The molecule has 11 nitrogen and oxygen atoms in total. The van der Waals surface area contributed by atoms with E-state index in [1.807, 2.05) is 0 Å². The minimum absolute atomic E-state index is 0.105. The Balaban J connectivity index is 3.54. The van der Waals surface area contributed by atoms with E-state index in [1.54, 1.807) is 20.8 Å². The van der Waals surface area contributed by atoms with Crippen LogP contribution in [0.25, 0.3) is 0 Å². The van der Waals surface area contributed by atoms with Crippen molar-refractivity contribution in [1.29, 1.82) is 0 Å². The Kier molecular flexibility index (Phi) is 8.40. The van der Waals surface area contributed by atoms with E-state index in [0.717, 1.165) is 27.7 Å². The maximum absolute atomic E-state index is 12.4. The average molecular weight is 445 g/mol. The van der Waals surface area contributed by atoms with Gasteiger partial charge in [-0.1, -0.05) is 6.08 Å². The van der Waals surface area contributed by atoms with Gasteiger partial charge in [0.05, 0.1) is 7.41 Å². The van der Waals surface area contributed by atoms with Crippen LogP contribution < -0.4 is 5.32 Å². The van der Waals surface area contributed by atoms with E-state index in [4.69, 9.17) is 25.1 Å². The van der Waals surface area contributed by atoms with Gasteiger partial charge in [0, 0.05) is 33.3 Å². The van der Waals surface area contributed by atoms with Crippen molar-refractivity contribution in [3.8, 4) is 0 Å². The molecule has 0 aromatic carbocycles. The van der Waals surface area contributed by atoms with E-state index in [1.165, 1.54) is 6.08 Å². The highest BCUT2D eigenvalue weighted by atomic mass is 16.6. The van der Waals surface area contributed by atoms with Gasteiger partial charge in [-0.05, 0) is 20.8 Å². The first kappa shape index (κ1) is 24.2. The van der Waals surface area contributed by atoms with Gasteiger partial charge in [0.15, 0.2) is 18.3 Å². The van der Waals surface area contributed by atoms with Crippen LogP contribution in [0.2, 0.25) is 0 Å². The molecule has 0 aromatic rings. The van der Waals surface area contributed by atoms with Crippen LogP contribution >= 0.6 is 0 Å². The first-order valence-electron chi connectivity index (χ1n) is 10.0. The molecule has 0 aliphatic heterocycles. The molecule has 0 fully saturated rings. The number of alkyl carbamates (subject to hydrolysis) is 1. The smallest absolute Gasteiger partial charge is 0.408 e. The topological polar surface area (TPSA) is 144 Å². The summed E-state index contributed by atoms with van der Waals surface area (Å²) in [5, 5.41) is 2.48. The maximum Gasteiger partial charge on any atom is 0.408 e. The summed E-state index contributed by atoms with van der Waals surface area (Å²) in [5.41, 5.74) is -0.959. The molecular weight excluding hydrogens is 414 g/mol. The van der Waals surface area contributed by atoms with Crippen LogP contribution in [-0.4, -0.2) is 66.5 Å². The zero-order valence-corrected chi connectivity index (χ0v) is 18.5. The third-order valence-corrected chi connectivity index (χ3v) is 3.62. The molecule has 1 aliphatic carbocycles. The molecule has 0 heterocycles. The molecule has 1 aliphatic rings. The van der Waals surface area contributed by atoms with Gasteiger partial charge in [-0.3, -0.25) is 19.2 Å².